The molecule has 0 spiro atoms. The van der Waals surface area contributed by atoms with Crippen LogP contribution in [-0.2, 0) is 10.4 Å². The molecule has 0 heterocycles. The second-order valence-corrected chi connectivity index (χ2v) is 6.80. The number of rotatable bonds is 1. The molecule has 0 rings (SSSR count). The smallest absolute Gasteiger partial charge is 0.245 e. The van der Waals surface area contributed by atoms with Crippen LogP contribution in [0.5, 0.6) is 0 Å². The van der Waals surface area contributed by atoms with Crippen LogP contribution >= 0.6 is 0 Å². The molecule has 0 aliphatic rings. The number of hydrogen-bond donors (Lipinski definition) is 0. The standard InChI is InChI=1S/C9H18F2N2O3S/c1-8(2,3)12(10)7(14)13(9(4,5)6)17(11,15)16/h1-6H3. The molecule has 0 aromatic carbocycles. The quantitative estimate of drug-likeness (QED) is 0.544. The van der Waals surface area contributed by atoms with E-state index >= 15 is 0 Å². The lowest BCUT2D eigenvalue weighted by Crippen LogP contribution is -2.55. The van der Waals surface area contributed by atoms with Crippen molar-refractivity contribution in [3.63, 3.8) is 0 Å². The number of hydrogen-bond acceptors (Lipinski definition) is 3. The molecule has 8 heteroatoms. The van der Waals surface area contributed by atoms with Crippen molar-refractivity contribution in [3.8, 4) is 0 Å². The third-order valence-electron chi connectivity index (χ3n) is 1.76. The Labute approximate surface area is 101 Å². The SMILES string of the molecule is CC(C)(C)N(F)C(=O)N(C(C)(C)C)S(=O)(=O)F. The van der Waals surface area contributed by atoms with Crippen molar-refractivity contribution in [3.05, 3.63) is 0 Å². The summed E-state index contributed by atoms with van der Waals surface area (Å²) in [7, 11) is -5.33. The average Bonchev–Trinajstić information content (AvgIpc) is 1.94. The molecule has 0 aromatic heterocycles. The van der Waals surface area contributed by atoms with Gasteiger partial charge in [0.05, 0.1) is 11.1 Å². The Morgan fingerprint density at radius 2 is 1.35 bits per heavy atom. The van der Waals surface area contributed by atoms with Gasteiger partial charge in [-0.3, -0.25) is 0 Å². The minimum absolute atomic E-state index is 0.120. The Hall–Kier alpha value is -0.920. The molecule has 0 saturated heterocycles. The fraction of sp³-hybridized carbons (Fsp3) is 0.889. The zero-order valence-corrected chi connectivity index (χ0v) is 11.6. The van der Waals surface area contributed by atoms with Crippen LogP contribution in [-0.4, -0.2) is 35.0 Å². The van der Waals surface area contributed by atoms with Crippen LogP contribution in [0.2, 0.25) is 0 Å². The Kier molecular flexibility index (Phi) is 4.16. The molecule has 0 bridgehead atoms. The maximum atomic E-state index is 13.6. The van der Waals surface area contributed by atoms with Crippen molar-refractivity contribution in [1.82, 2.24) is 9.43 Å². The van der Waals surface area contributed by atoms with Gasteiger partial charge in [-0.05, 0) is 41.5 Å². The first-order valence-electron chi connectivity index (χ1n) is 4.94. The molecular formula is C9H18F2N2O3S. The van der Waals surface area contributed by atoms with Crippen LogP contribution in [0, 0.1) is 0 Å². The largest absolute Gasteiger partial charge is 0.403 e. The van der Waals surface area contributed by atoms with Gasteiger partial charge in [-0.15, -0.1) is 0 Å². The van der Waals surface area contributed by atoms with Crippen molar-refractivity contribution in [1.29, 1.82) is 0 Å². The normalized spacial score (nSPS) is 13.4. The lowest BCUT2D eigenvalue weighted by atomic mass is 10.1. The molecule has 0 fully saturated rings. The molecule has 5 nitrogen and oxygen atoms in total. The number of carbonyl (C=O) groups excluding carboxylic acids is 1. The second kappa shape index (κ2) is 4.40. The van der Waals surface area contributed by atoms with Crippen LogP contribution in [0.1, 0.15) is 41.5 Å². The Bertz CT molecular complexity index is 395. The molecule has 2 amide bonds. The number of amides is 2. The molecular weight excluding hydrogens is 254 g/mol. The summed E-state index contributed by atoms with van der Waals surface area (Å²) in [6.45, 7) is 7.94. The molecule has 0 aliphatic heterocycles. The van der Waals surface area contributed by atoms with E-state index in [1.165, 1.54) is 41.5 Å². The molecule has 102 valence electrons. The first-order chi connectivity index (χ1) is 7.19. The van der Waals surface area contributed by atoms with Crippen LogP contribution < -0.4 is 0 Å². The zero-order chi connectivity index (χ0) is 14.2. The Morgan fingerprint density at radius 3 is 1.53 bits per heavy atom. The highest BCUT2D eigenvalue weighted by molar-refractivity contribution is 7.84. The molecule has 0 saturated carbocycles. The Balaban J connectivity index is 5.48. The van der Waals surface area contributed by atoms with Gasteiger partial charge in [0.2, 0.25) is 0 Å². The summed E-state index contributed by atoms with van der Waals surface area (Å²) < 4.78 is 48.3. The minimum atomic E-state index is -5.33. The highest BCUT2D eigenvalue weighted by Crippen LogP contribution is 2.25. The fourth-order valence-electron chi connectivity index (χ4n) is 1.07. The third kappa shape index (κ3) is 4.10. The van der Waals surface area contributed by atoms with E-state index in [4.69, 9.17) is 0 Å². The summed E-state index contributed by atoms with van der Waals surface area (Å²) in [4.78, 5) is 11.6. The summed E-state index contributed by atoms with van der Waals surface area (Å²) in [5.74, 6) is 0. The van der Waals surface area contributed by atoms with Crippen LogP contribution in [0.25, 0.3) is 0 Å². The average molecular weight is 272 g/mol. The molecule has 0 radical (unpaired) electrons. The summed E-state index contributed by atoms with van der Waals surface area (Å²) in [5, 5.41) is -0.310. The van der Waals surface area contributed by atoms with Crippen molar-refractivity contribution in [2.75, 3.05) is 0 Å². The summed E-state index contributed by atoms with van der Waals surface area (Å²) >= 11 is 0. The minimum Gasteiger partial charge on any atom is -0.245 e. The van der Waals surface area contributed by atoms with Crippen molar-refractivity contribution >= 4 is 16.4 Å². The van der Waals surface area contributed by atoms with Crippen LogP contribution in [0.4, 0.5) is 13.2 Å². The first kappa shape index (κ1) is 16.1. The molecule has 0 aromatic rings. The summed E-state index contributed by atoms with van der Waals surface area (Å²) in [6.07, 6.45) is 0. The number of nitrogens with zero attached hydrogens (tertiary/aromatic N) is 2. The van der Waals surface area contributed by atoms with E-state index in [1.807, 2.05) is 0 Å². The van der Waals surface area contributed by atoms with Gasteiger partial charge in [-0.2, -0.15) is 17.8 Å². The summed E-state index contributed by atoms with van der Waals surface area (Å²) in [5.41, 5.74) is -2.65. The maximum Gasteiger partial charge on any atom is 0.403 e. The lowest BCUT2D eigenvalue weighted by Gasteiger charge is -2.36. The maximum absolute atomic E-state index is 13.6. The Morgan fingerprint density at radius 1 is 1.00 bits per heavy atom. The van der Waals surface area contributed by atoms with Crippen LogP contribution in [0.15, 0.2) is 0 Å². The van der Waals surface area contributed by atoms with Gasteiger partial charge in [0.1, 0.15) is 0 Å². The van der Waals surface area contributed by atoms with Gasteiger partial charge < -0.3 is 0 Å². The monoisotopic (exact) mass is 272 g/mol. The van der Waals surface area contributed by atoms with Gasteiger partial charge in [0.25, 0.3) is 0 Å². The van der Waals surface area contributed by atoms with E-state index < -0.39 is 27.5 Å². The van der Waals surface area contributed by atoms with E-state index in [0.717, 1.165) is 0 Å². The number of halogens is 2. The topological polar surface area (TPSA) is 57.7 Å². The number of carbonyl (C=O) groups is 1. The third-order valence-corrected chi connectivity index (χ3v) is 2.90. The van der Waals surface area contributed by atoms with Gasteiger partial charge in [-0.1, -0.05) is 8.37 Å². The van der Waals surface area contributed by atoms with Crippen molar-refractivity contribution < 1.29 is 21.6 Å². The molecule has 0 unspecified atom stereocenters. The predicted octanol–water partition coefficient (Wildman–Crippen LogP) is 2.41. The fourth-order valence-corrected chi connectivity index (χ4v) is 1.99. The highest BCUT2D eigenvalue weighted by Gasteiger charge is 2.43. The van der Waals surface area contributed by atoms with Gasteiger partial charge in [0.15, 0.2) is 0 Å². The molecule has 0 atom stereocenters. The van der Waals surface area contributed by atoms with E-state index in [1.54, 1.807) is 0 Å². The van der Waals surface area contributed by atoms with E-state index in [-0.39, 0.29) is 9.43 Å². The highest BCUT2D eigenvalue weighted by atomic mass is 32.3. The van der Waals surface area contributed by atoms with Gasteiger partial charge in [0, 0.05) is 0 Å². The second-order valence-electron chi connectivity index (χ2n) is 5.61. The van der Waals surface area contributed by atoms with Gasteiger partial charge >= 0.3 is 16.4 Å². The molecule has 0 N–H and O–H groups in total. The predicted molar refractivity (Wildman–Crippen MR) is 59.7 cm³/mol. The first-order valence-corrected chi connectivity index (χ1v) is 6.28. The zero-order valence-electron chi connectivity index (χ0n) is 10.8. The van der Waals surface area contributed by atoms with E-state index in [9.17, 15) is 21.6 Å². The van der Waals surface area contributed by atoms with Crippen molar-refractivity contribution in [2.45, 2.75) is 52.6 Å². The van der Waals surface area contributed by atoms with Crippen molar-refractivity contribution in [2.24, 2.45) is 0 Å². The van der Waals surface area contributed by atoms with Crippen LogP contribution in [0.3, 0.4) is 0 Å². The van der Waals surface area contributed by atoms with E-state index in [2.05, 4.69) is 0 Å². The van der Waals surface area contributed by atoms with E-state index in [0.29, 0.717) is 0 Å². The summed E-state index contributed by atoms with van der Waals surface area (Å²) in [6, 6.07) is -1.55. The molecule has 0 aliphatic carbocycles. The van der Waals surface area contributed by atoms with Gasteiger partial charge in [-0.25, -0.2) is 4.79 Å². The number of urea groups is 1. The lowest BCUT2D eigenvalue weighted by molar-refractivity contribution is -0.0257. The molecule has 17 heavy (non-hydrogen) atoms.